The standard InChI is InChI=1S/C22H32N4O3/c1-17(2)15-22(28)24-21-7-10-23-26(21)19-8-11-25(12-9-19)16-18-3-5-20(6-4-18)29-14-13-27/h3-7,10,17,19,27H,8-9,11-16H2,1-2H3,(H,24,28). The number of piperidine rings is 1. The maximum Gasteiger partial charge on any atom is 0.225 e. The van der Waals surface area contributed by atoms with Gasteiger partial charge in [0.25, 0.3) is 0 Å². The summed E-state index contributed by atoms with van der Waals surface area (Å²) in [6.07, 6.45) is 4.30. The molecular weight excluding hydrogens is 368 g/mol. The lowest BCUT2D eigenvalue weighted by atomic mass is 10.0. The number of carbonyl (C=O) groups is 1. The van der Waals surface area contributed by atoms with Crippen molar-refractivity contribution in [3.63, 3.8) is 0 Å². The van der Waals surface area contributed by atoms with Gasteiger partial charge in [0, 0.05) is 32.1 Å². The number of benzene rings is 1. The summed E-state index contributed by atoms with van der Waals surface area (Å²) in [4.78, 5) is 14.6. The van der Waals surface area contributed by atoms with Crippen molar-refractivity contribution < 1.29 is 14.6 Å². The molecule has 0 radical (unpaired) electrons. The maximum absolute atomic E-state index is 12.1. The van der Waals surface area contributed by atoms with Crippen LogP contribution in [0.3, 0.4) is 0 Å². The summed E-state index contributed by atoms with van der Waals surface area (Å²) in [5.74, 6) is 1.97. The highest BCUT2D eigenvalue weighted by Gasteiger charge is 2.23. The molecule has 7 nitrogen and oxygen atoms in total. The molecule has 0 bridgehead atoms. The van der Waals surface area contributed by atoms with Gasteiger partial charge >= 0.3 is 0 Å². The minimum atomic E-state index is 0.0239. The minimum absolute atomic E-state index is 0.0239. The predicted octanol–water partition coefficient (Wildman–Crippen LogP) is 3.08. The van der Waals surface area contributed by atoms with Gasteiger partial charge in [-0.05, 0) is 36.5 Å². The van der Waals surface area contributed by atoms with Crippen LogP contribution in [-0.2, 0) is 11.3 Å². The zero-order valence-electron chi connectivity index (χ0n) is 17.4. The normalized spacial score (nSPS) is 15.6. The molecule has 2 aromatic rings. The van der Waals surface area contributed by atoms with E-state index in [1.807, 2.05) is 36.7 Å². The van der Waals surface area contributed by atoms with Gasteiger partial charge in [-0.25, -0.2) is 4.68 Å². The second-order valence-electron chi connectivity index (χ2n) is 8.03. The van der Waals surface area contributed by atoms with E-state index in [9.17, 15) is 4.79 Å². The van der Waals surface area contributed by atoms with E-state index in [0.29, 0.717) is 25.0 Å². The Hall–Kier alpha value is -2.38. The molecule has 1 aromatic heterocycles. The van der Waals surface area contributed by atoms with Gasteiger partial charge in [0.2, 0.25) is 5.91 Å². The molecule has 1 amide bonds. The molecule has 158 valence electrons. The molecule has 1 aliphatic rings. The van der Waals surface area contributed by atoms with Crippen LogP contribution in [0.2, 0.25) is 0 Å². The fourth-order valence-corrected chi connectivity index (χ4v) is 3.70. The van der Waals surface area contributed by atoms with Gasteiger partial charge in [0.1, 0.15) is 18.2 Å². The largest absolute Gasteiger partial charge is 0.491 e. The van der Waals surface area contributed by atoms with Gasteiger partial charge in [-0.3, -0.25) is 9.69 Å². The SMILES string of the molecule is CC(C)CC(=O)Nc1ccnn1C1CCN(Cc2ccc(OCCO)cc2)CC1. The van der Waals surface area contributed by atoms with E-state index in [-0.39, 0.29) is 12.5 Å². The third-order valence-corrected chi connectivity index (χ3v) is 5.12. The first-order chi connectivity index (χ1) is 14.0. The number of anilines is 1. The Morgan fingerprint density at radius 3 is 2.62 bits per heavy atom. The highest BCUT2D eigenvalue weighted by atomic mass is 16.5. The molecule has 0 spiro atoms. The Morgan fingerprint density at radius 2 is 1.97 bits per heavy atom. The highest BCUT2D eigenvalue weighted by Crippen LogP contribution is 2.26. The van der Waals surface area contributed by atoms with Crippen molar-refractivity contribution in [2.24, 2.45) is 5.92 Å². The average Bonchev–Trinajstić information content (AvgIpc) is 3.15. The molecule has 7 heteroatoms. The topological polar surface area (TPSA) is 79.6 Å². The van der Waals surface area contributed by atoms with Crippen LogP contribution in [0.4, 0.5) is 5.82 Å². The van der Waals surface area contributed by atoms with Crippen molar-refractivity contribution in [2.75, 3.05) is 31.6 Å². The molecule has 0 unspecified atom stereocenters. The van der Waals surface area contributed by atoms with Gasteiger partial charge in [-0.15, -0.1) is 0 Å². The van der Waals surface area contributed by atoms with Gasteiger partial charge < -0.3 is 15.2 Å². The summed E-state index contributed by atoms with van der Waals surface area (Å²) in [7, 11) is 0. The summed E-state index contributed by atoms with van der Waals surface area (Å²) in [6, 6.07) is 10.3. The molecule has 0 saturated carbocycles. The predicted molar refractivity (Wildman–Crippen MR) is 113 cm³/mol. The number of nitrogens with zero attached hydrogens (tertiary/aromatic N) is 3. The van der Waals surface area contributed by atoms with E-state index in [2.05, 4.69) is 27.4 Å². The Morgan fingerprint density at radius 1 is 1.24 bits per heavy atom. The maximum atomic E-state index is 12.1. The molecule has 1 fully saturated rings. The van der Waals surface area contributed by atoms with Crippen molar-refractivity contribution in [3.05, 3.63) is 42.1 Å². The number of likely N-dealkylation sites (tertiary alicyclic amines) is 1. The van der Waals surface area contributed by atoms with Gasteiger partial charge in [0.05, 0.1) is 18.8 Å². The first-order valence-corrected chi connectivity index (χ1v) is 10.4. The highest BCUT2D eigenvalue weighted by molar-refractivity contribution is 5.89. The van der Waals surface area contributed by atoms with Crippen LogP contribution in [0.1, 0.15) is 44.7 Å². The average molecular weight is 401 g/mol. The number of nitrogens with one attached hydrogen (secondary N) is 1. The second-order valence-corrected chi connectivity index (χ2v) is 8.03. The van der Waals surface area contributed by atoms with Crippen LogP contribution in [0, 0.1) is 5.92 Å². The van der Waals surface area contributed by atoms with Crippen molar-refractivity contribution in [1.29, 1.82) is 0 Å². The fraction of sp³-hybridized carbons (Fsp3) is 0.545. The Bertz CT molecular complexity index is 765. The molecular formula is C22H32N4O3. The smallest absolute Gasteiger partial charge is 0.225 e. The van der Waals surface area contributed by atoms with Crippen molar-refractivity contribution >= 4 is 11.7 Å². The summed E-state index contributed by atoms with van der Waals surface area (Å²) in [5, 5.41) is 16.3. The van der Waals surface area contributed by atoms with Gasteiger partial charge in [-0.2, -0.15) is 5.10 Å². The molecule has 0 aliphatic carbocycles. The number of hydrogen-bond donors (Lipinski definition) is 2. The number of aromatic nitrogens is 2. The lowest BCUT2D eigenvalue weighted by Crippen LogP contribution is -2.35. The van der Waals surface area contributed by atoms with Crippen LogP contribution in [0.25, 0.3) is 0 Å². The van der Waals surface area contributed by atoms with Gasteiger partial charge in [0.15, 0.2) is 0 Å². The lowest BCUT2D eigenvalue weighted by Gasteiger charge is -2.32. The van der Waals surface area contributed by atoms with E-state index >= 15 is 0 Å². The van der Waals surface area contributed by atoms with Crippen molar-refractivity contribution in [2.45, 2.75) is 45.7 Å². The summed E-state index contributed by atoms with van der Waals surface area (Å²) < 4.78 is 7.39. The number of amides is 1. The zero-order valence-corrected chi connectivity index (χ0v) is 17.4. The van der Waals surface area contributed by atoms with Gasteiger partial charge in [-0.1, -0.05) is 26.0 Å². The Kier molecular flexibility index (Phi) is 7.66. The molecule has 2 N–H and O–H groups in total. The van der Waals surface area contributed by atoms with Crippen LogP contribution in [-0.4, -0.2) is 52.0 Å². The van der Waals surface area contributed by atoms with E-state index < -0.39 is 0 Å². The van der Waals surface area contributed by atoms with Crippen molar-refractivity contribution in [3.8, 4) is 5.75 Å². The molecule has 0 atom stereocenters. The summed E-state index contributed by atoms with van der Waals surface area (Å²) >= 11 is 0. The number of carbonyl (C=O) groups excluding carboxylic acids is 1. The van der Waals surface area contributed by atoms with E-state index in [0.717, 1.165) is 44.0 Å². The number of rotatable bonds is 9. The summed E-state index contributed by atoms with van der Waals surface area (Å²) in [6.45, 7) is 7.32. The molecule has 3 rings (SSSR count). The molecule has 1 saturated heterocycles. The minimum Gasteiger partial charge on any atom is -0.491 e. The van der Waals surface area contributed by atoms with Crippen LogP contribution < -0.4 is 10.1 Å². The van der Waals surface area contributed by atoms with E-state index in [1.54, 1.807) is 6.20 Å². The first kappa shape index (κ1) is 21.3. The molecule has 29 heavy (non-hydrogen) atoms. The number of aliphatic hydroxyl groups is 1. The quantitative estimate of drug-likeness (QED) is 0.676. The lowest BCUT2D eigenvalue weighted by molar-refractivity contribution is -0.116. The van der Waals surface area contributed by atoms with Crippen LogP contribution >= 0.6 is 0 Å². The first-order valence-electron chi connectivity index (χ1n) is 10.4. The second kappa shape index (κ2) is 10.4. The fourth-order valence-electron chi connectivity index (χ4n) is 3.70. The van der Waals surface area contributed by atoms with E-state index in [1.165, 1.54) is 5.56 Å². The Balaban J connectivity index is 1.49. The third-order valence-electron chi connectivity index (χ3n) is 5.12. The molecule has 1 aliphatic heterocycles. The Labute approximate surface area is 172 Å². The summed E-state index contributed by atoms with van der Waals surface area (Å²) in [5.41, 5.74) is 1.25. The number of hydrogen-bond acceptors (Lipinski definition) is 5. The zero-order chi connectivity index (χ0) is 20.6. The van der Waals surface area contributed by atoms with Crippen molar-refractivity contribution in [1.82, 2.24) is 14.7 Å². The number of ether oxygens (including phenoxy) is 1. The molecule has 1 aromatic carbocycles. The molecule has 2 heterocycles. The number of aliphatic hydroxyl groups excluding tert-OH is 1. The van der Waals surface area contributed by atoms with Crippen LogP contribution in [0.15, 0.2) is 36.5 Å². The third kappa shape index (κ3) is 6.30. The van der Waals surface area contributed by atoms with Crippen LogP contribution in [0.5, 0.6) is 5.75 Å². The monoisotopic (exact) mass is 400 g/mol. The van der Waals surface area contributed by atoms with E-state index in [4.69, 9.17) is 9.84 Å².